The lowest BCUT2D eigenvalue weighted by Gasteiger charge is -2.31. The van der Waals surface area contributed by atoms with E-state index in [0.29, 0.717) is 12.2 Å². The van der Waals surface area contributed by atoms with E-state index >= 15 is 0 Å². The molecule has 1 aliphatic heterocycles. The van der Waals surface area contributed by atoms with Crippen LogP contribution in [0.1, 0.15) is 35.4 Å². The van der Waals surface area contributed by atoms with Crippen LogP contribution in [0, 0.1) is 12.8 Å². The van der Waals surface area contributed by atoms with Crippen molar-refractivity contribution >= 4 is 17.3 Å². The van der Waals surface area contributed by atoms with E-state index < -0.39 is 0 Å². The van der Waals surface area contributed by atoms with Gasteiger partial charge in [0.2, 0.25) is 0 Å². The van der Waals surface area contributed by atoms with Gasteiger partial charge in [-0.15, -0.1) is 5.10 Å². The molecule has 5 heteroatoms. The van der Waals surface area contributed by atoms with Crippen LogP contribution >= 0.6 is 11.5 Å². The van der Waals surface area contributed by atoms with Crippen molar-refractivity contribution in [3.63, 3.8) is 0 Å². The molecule has 0 N–H and O–H groups in total. The maximum atomic E-state index is 12.5. The molecule has 1 atom stereocenters. The van der Waals surface area contributed by atoms with Gasteiger partial charge in [-0.25, -0.2) is 0 Å². The number of aromatic nitrogens is 2. The number of carbonyl (C=O) groups is 1. The molecular formula is C18H23N3OS. The molecule has 0 bridgehead atoms. The van der Waals surface area contributed by atoms with Crippen molar-refractivity contribution in [2.45, 2.75) is 39.2 Å². The lowest BCUT2D eigenvalue weighted by molar-refractivity contribution is -0.124. The summed E-state index contributed by atoms with van der Waals surface area (Å²) >= 11 is 1.47. The fraction of sp³-hybridized carbons (Fsp3) is 0.500. The fourth-order valence-corrected chi connectivity index (χ4v) is 3.85. The van der Waals surface area contributed by atoms with Crippen molar-refractivity contribution in [1.82, 2.24) is 14.5 Å². The van der Waals surface area contributed by atoms with Crippen LogP contribution in [0.5, 0.6) is 0 Å². The Morgan fingerprint density at radius 3 is 2.91 bits per heavy atom. The van der Waals surface area contributed by atoms with Gasteiger partial charge in [-0.3, -0.25) is 9.69 Å². The van der Waals surface area contributed by atoms with E-state index in [9.17, 15) is 4.79 Å². The van der Waals surface area contributed by atoms with Gasteiger partial charge in [0.05, 0.1) is 10.6 Å². The molecule has 1 aliphatic rings. The molecule has 0 radical (unpaired) electrons. The average Bonchev–Trinajstić information content (AvgIpc) is 2.99. The Morgan fingerprint density at radius 2 is 2.17 bits per heavy atom. The molecule has 1 fully saturated rings. The third kappa shape index (κ3) is 4.45. The van der Waals surface area contributed by atoms with Gasteiger partial charge in [-0.2, -0.15) is 0 Å². The fourth-order valence-electron chi connectivity index (χ4n) is 3.18. The molecule has 0 unspecified atom stereocenters. The first-order valence-corrected chi connectivity index (χ1v) is 9.06. The Balaban J connectivity index is 1.51. The van der Waals surface area contributed by atoms with Crippen molar-refractivity contribution in [3.05, 3.63) is 46.5 Å². The zero-order valence-electron chi connectivity index (χ0n) is 13.6. The molecule has 1 saturated heterocycles. The molecule has 2 heterocycles. The number of ketones is 1. The summed E-state index contributed by atoms with van der Waals surface area (Å²) in [5, 5.41) is 4.07. The van der Waals surface area contributed by atoms with Crippen LogP contribution in [0.3, 0.4) is 0 Å². The molecule has 2 aromatic rings. The minimum atomic E-state index is 0.189. The van der Waals surface area contributed by atoms with Gasteiger partial charge in [-0.1, -0.05) is 34.8 Å². The second-order valence-electron chi connectivity index (χ2n) is 6.31. The van der Waals surface area contributed by atoms with Gasteiger partial charge in [0.1, 0.15) is 5.78 Å². The monoisotopic (exact) mass is 329 g/mol. The van der Waals surface area contributed by atoms with Gasteiger partial charge >= 0.3 is 0 Å². The van der Waals surface area contributed by atoms with Crippen LogP contribution in [0.4, 0.5) is 0 Å². The Morgan fingerprint density at radius 1 is 1.35 bits per heavy atom. The second kappa shape index (κ2) is 7.79. The normalized spacial score (nSPS) is 18.9. The molecule has 1 aromatic heterocycles. The standard InChI is InChI=1S/C18H23N3OS/c1-14-18(23-20-19-14)13-21-11-5-8-16(12-21)17(22)10-9-15-6-3-2-4-7-15/h2-4,6-7,16H,5,8-13H2,1H3/t16-/m1/s1. The number of Topliss-reactive ketones (excluding diaryl/α,β-unsaturated/α-hetero) is 1. The van der Waals surface area contributed by atoms with Gasteiger partial charge in [0.25, 0.3) is 0 Å². The molecule has 23 heavy (non-hydrogen) atoms. The minimum Gasteiger partial charge on any atom is -0.299 e. The van der Waals surface area contributed by atoms with Crippen LogP contribution < -0.4 is 0 Å². The van der Waals surface area contributed by atoms with E-state index in [4.69, 9.17) is 0 Å². The lowest BCUT2D eigenvalue weighted by atomic mass is 9.90. The van der Waals surface area contributed by atoms with Crippen molar-refractivity contribution in [1.29, 1.82) is 0 Å². The Bertz CT molecular complexity index is 641. The maximum Gasteiger partial charge on any atom is 0.137 e. The van der Waals surface area contributed by atoms with E-state index in [0.717, 1.165) is 44.6 Å². The highest BCUT2D eigenvalue weighted by Crippen LogP contribution is 2.22. The summed E-state index contributed by atoms with van der Waals surface area (Å²) in [7, 11) is 0. The molecule has 0 saturated carbocycles. The number of likely N-dealkylation sites (tertiary alicyclic amines) is 1. The number of benzene rings is 1. The molecule has 0 amide bonds. The zero-order valence-corrected chi connectivity index (χ0v) is 14.4. The summed E-state index contributed by atoms with van der Waals surface area (Å²) in [5.74, 6) is 0.603. The van der Waals surface area contributed by atoms with Crippen molar-refractivity contribution < 1.29 is 4.79 Å². The van der Waals surface area contributed by atoms with Gasteiger partial charge in [0, 0.05) is 25.4 Å². The Labute approximate surface area is 141 Å². The maximum absolute atomic E-state index is 12.5. The SMILES string of the molecule is Cc1nnsc1CN1CCC[C@@H](C(=O)CCc2ccccc2)C1. The summed E-state index contributed by atoms with van der Waals surface area (Å²) in [6.07, 6.45) is 3.65. The number of aryl methyl sites for hydroxylation is 2. The lowest BCUT2D eigenvalue weighted by Crippen LogP contribution is -2.38. The molecule has 0 spiro atoms. The number of hydrogen-bond donors (Lipinski definition) is 0. The number of rotatable bonds is 6. The first kappa shape index (κ1) is 16.3. The first-order chi connectivity index (χ1) is 11.2. The summed E-state index contributed by atoms with van der Waals surface area (Å²) in [6.45, 7) is 4.84. The Hall–Kier alpha value is -1.59. The van der Waals surface area contributed by atoms with Crippen molar-refractivity contribution in [3.8, 4) is 0 Å². The smallest absolute Gasteiger partial charge is 0.137 e. The van der Waals surface area contributed by atoms with E-state index in [1.807, 2.05) is 25.1 Å². The number of piperidine rings is 1. The first-order valence-electron chi connectivity index (χ1n) is 8.29. The van der Waals surface area contributed by atoms with Crippen molar-refractivity contribution in [2.24, 2.45) is 5.92 Å². The van der Waals surface area contributed by atoms with Crippen LogP contribution in [0.25, 0.3) is 0 Å². The highest BCUT2D eigenvalue weighted by molar-refractivity contribution is 7.05. The molecule has 3 rings (SSSR count). The quantitative estimate of drug-likeness (QED) is 0.816. The molecule has 0 aliphatic carbocycles. The van der Waals surface area contributed by atoms with Crippen molar-refractivity contribution in [2.75, 3.05) is 13.1 Å². The molecule has 122 valence electrons. The third-order valence-corrected chi connectivity index (χ3v) is 5.38. The van der Waals surface area contributed by atoms with Crippen LogP contribution in [0.2, 0.25) is 0 Å². The predicted molar refractivity (Wildman–Crippen MR) is 92.4 cm³/mol. The van der Waals surface area contributed by atoms with Crippen LogP contribution in [0.15, 0.2) is 30.3 Å². The van der Waals surface area contributed by atoms with E-state index in [-0.39, 0.29) is 5.92 Å². The van der Waals surface area contributed by atoms with E-state index in [1.165, 1.54) is 22.0 Å². The van der Waals surface area contributed by atoms with Crippen LogP contribution in [-0.4, -0.2) is 33.4 Å². The molecule has 1 aromatic carbocycles. The summed E-state index contributed by atoms with van der Waals surface area (Å²) in [5.41, 5.74) is 2.27. The molecular weight excluding hydrogens is 306 g/mol. The van der Waals surface area contributed by atoms with E-state index in [2.05, 4.69) is 26.6 Å². The van der Waals surface area contributed by atoms with E-state index in [1.54, 1.807) is 0 Å². The largest absolute Gasteiger partial charge is 0.299 e. The minimum absolute atomic E-state index is 0.189. The van der Waals surface area contributed by atoms with Gasteiger partial charge in [-0.05, 0) is 49.8 Å². The van der Waals surface area contributed by atoms with Crippen LogP contribution in [-0.2, 0) is 17.8 Å². The zero-order chi connectivity index (χ0) is 16.1. The highest BCUT2D eigenvalue weighted by Gasteiger charge is 2.26. The third-order valence-electron chi connectivity index (χ3n) is 4.58. The summed E-state index contributed by atoms with van der Waals surface area (Å²) in [6, 6.07) is 10.3. The van der Waals surface area contributed by atoms with Gasteiger partial charge < -0.3 is 0 Å². The molecule has 4 nitrogen and oxygen atoms in total. The topological polar surface area (TPSA) is 46.1 Å². The average molecular weight is 329 g/mol. The summed E-state index contributed by atoms with van der Waals surface area (Å²) < 4.78 is 4.00. The summed E-state index contributed by atoms with van der Waals surface area (Å²) in [4.78, 5) is 16.1. The second-order valence-corrected chi connectivity index (χ2v) is 7.15. The van der Waals surface area contributed by atoms with Gasteiger partial charge in [0.15, 0.2) is 0 Å². The Kier molecular flexibility index (Phi) is 5.51. The number of hydrogen-bond acceptors (Lipinski definition) is 5. The highest BCUT2D eigenvalue weighted by atomic mass is 32.1. The number of nitrogens with zero attached hydrogens (tertiary/aromatic N) is 3. The number of carbonyl (C=O) groups excluding carboxylic acids is 1. The predicted octanol–water partition coefficient (Wildman–Crippen LogP) is 3.26.